The number of nitrogens with one attached hydrogen (secondary N) is 1. The summed E-state index contributed by atoms with van der Waals surface area (Å²) in [6.45, 7) is 8.18. The molecular formula is C14H21F2NO3. The van der Waals surface area contributed by atoms with Crippen LogP contribution in [-0.4, -0.2) is 23.2 Å². The van der Waals surface area contributed by atoms with Crippen LogP contribution in [0.4, 0.5) is 8.78 Å². The average Bonchev–Trinajstić information content (AvgIpc) is 2.38. The monoisotopic (exact) mass is 289 g/mol. The van der Waals surface area contributed by atoms with E-state index in [4.69, 9.17) is 9.94 Å². The topological polar surface area (TPSA) is 58.6 Å². The molecular weight excluding hydrogens is 268 g/mol. The molecule has 4 nitrogen and oxygen atoms in total. The zero-order valence-corrected chi connectivity index (χ0v) is 12.4. The Morgan fingerprint density at radius 2 is 1.75 bits per heavy atom. The summed E-state index contributed by atoms with van der Waals surface area (Å²) in [5.41, 5.74) is 0.538. The molecule has 0 aromatic heterocycles. The molecule has 0 unspecified atom stereocenters. The Kier molecular flexibility index (Phi) is 7.31. The summed E-state index contributed by atoms with van der Waals surface area (Å²) in [6.07, 6.45) is 0. The van der Waals surface area contributed by atoms with Gasteiger partial charge >= 0.3 is 0 Å². The zero-order valence-electron chi connectivity index (χ0n) is 12.4. The molecule has 20 heavy (non-hydrogen) atoms. The lowest BCUT2D eigenvalue weighted by Gasteiger charge is -2.21. The van der Waals surface area contributed by atoms with E-state index in [1.807, 2.05) is 19.3 Å². The van der Waals surface area contributed by atoms with Gasteiger partial charge in [0.15, 0.2) is 0 Å². The quantitative estimate of drug-likeness (QED) is 0.838. The molecule has 0 aliphatic rings. The van der Waals surface area contributed by atoms with Crippen LogP contribution in [0.2, 0.25) is 0 Å². The van der Waals surface area contributed by atoms with Crippen LogP contribution in [0.15, 0.2) is 12.1 Å². The fraction of sp³-hybridized carbons (Fsp3) is 0.500. The summed E-state index contributed by atoms with van der Waals surface area (Å²) in [5, 5.41) is 8.90. The van der Waals surface area contributed by atoms with Crippen LogP contribution < -0.4 is 5.48 Å². The van der Waals surface area contributed by atoms with Crippen LogP contribution in [-0.2, 0) is 4.84 Å². The molecule has 0 radical (unpaired) electrons. The number of aliphatic hydroxyl groups is 1. The van der Waals surface area contributed by atoms with Crippen LogP contribution in [0.3, 0.4) is 0 Å². The minimum atomic E-state index is -1.04. The summed E-state index contributed by atoms with van der Waals surface area (Å²) in [4.78, 5) is 16.4. The van der Waals surface area contributed by atoms with Crippen LogP contribution >= 0.6 is 0 Å². The Bertz CT molecular complexity index is 439. The predicted molar refractivity (Wildman–Crippen MR) is 72.2 cm³/mol. The standard InChI is InChI=1S/C12H15F2NO3.C2H6/c1-7-4-8(13)10(9(14)5-7)11(17)15-18-12(2,3)6-16;1-2/h4-5,16H,6H2,1-3H3,(H,15,17);1-2H3. The van der Waals surface area contributed by atoms with Crippen LogP contribution in [0.25, 0.3) is 0 Å². The summed E-state index contributed by atoms with van der Waals surface area (Å²) >= 11 is 0. The summed E-state index contributed by atoms with van der Waals surface area (Å²) < 4.78 is 26.9. The zero-order chi connectivity index (χ0) is 15.9. The van der Waals surface area contributed by atoms with E-state index in [2.05, 4.69) is 0 Å². The van der Waals surface area contributed by atoms with Gasteiger partial charge in [-0.05, 0) is 38.5 Å². The lowest BCUT2D eigenvalue weighted by molar-refractivity contribution is -0.0958. The minimum Gasteiger partial charge on any atom is -0.393 e. The lowest BCUT2D eigenvalue weighted by Crippen LogP contribution is -2.39. The smallest absolute Gasteiger partial charge is 0.280 e. The van der Waals surface area contributed by atoms with Gasteiger partial charge in [0.1, 0.15) is 22.8 Å². The molecule has 1 aromatic carbocycles. The molecule has 0 bridgehead atoms. The minimum absolute atomic E-state index is 0.355. The Morgan fingerprint density at radius 3 is 2.15 bits per heavy atom. The third-order valence-electron chi connectivity index (χ3n) is 2.21. The number of rotatable bonds is 4. The summed E-state index contributed by atoms with van der Waals surface area (Å²) in [6, 6.07) is 2.10. The molecule has 1 amide bonds. The molecule has 1 rings (SSSR count). The summed E-state index contributed by atoms with van der Waals surface area (Å²) in [7, 11) is 0. The van der Waals surface area contributed by atoms with Gasteiger partial charge in [0.2, 0.25) is 0 Å². The first-order chi connectivity index (χ1) is 9.26. The number of aryl methyl sites for hydroxylation is 1. The van der Waals surface area contributed by atoms with E-state index >= 15 is 0 Å². The van der Waals surface area contributed by atoms with Crippen molar-refractivity contribution in [1.82, 2.24) is 5.48 Å². The Hall–Kier alpha value is -1.53. The van der Waals surface area contributed by atoms with Gasteiger partial charge in [-0.2, -0.15) is 0 Å². The van der Waals surface area contributed by atoms with Crippen molar-refractivity contribution in [3.8, 4) is 0 Å². The van der Waals surface area contributed by atoms with E-state index in [1.165, 1.54) is 20.8 Å². The maximum atomic E-state index is 13.5. The largest absolute Gasteiger partial charge is 0.393 e. The number of hydroxylamine groups is 1. The molecule has 0 fully saturated rings. The maximum absolute atomic E-state index is 13.5. The predicted octanol–water partition coefficient (Wildman–Crippen LogP) is 2.73. The molecule has 0 saturated heterocycles. The molecule has 1 aromatic rings. The first kappa shape index (κ1) is 18.5. The highest BCUT2D eigenvalue weighted by atomic mass is 19.1. The summed E-state index contributed by atoms with van der Waals surface area (Å²) in [5.74, 6) is -2.96. The van der Waals surface area contributed by atoms with Crippen molar-refractivity contribution in [2.24, 2.45) is 0 Å². The average molecular weight is 289 g/mol. The normalized spacial score (nSPS) is 10.6. The number of aliphatic hydroxyl groups excluding tert-OH is 1. The Labute approximate surface area is 117 Å². The second-order valence-corrected chi connectivity index (χ2v) is 4.55. The van der Waals surface area contributed by atoms with Gasteiger partial charge in [0.05, 0.1) is 6.61 Å². The molecule has 0 aliphatic heterocycles. The number of hydrogen-bond acceptors (Lipinski definition) is 3. The van der Waals surface area contributed by atoms with Crippen molar-refractivity contribution in [2.75, 3.05) is 6.61 Å². The third kappa shape index (κ3) is 5.22. The van der Waals surface area contributed by atoms with E-state index in [9.17, 15) is 13.6 Å². The van der Waals surface area contributed by atoms with Gasteiger partial charge in [-0.3, -0.25) is 9.63 Å². The lowest BCUT2D eigenvalue weighted by atomic mass is 10.1. The number of hydrogen-bond donors (Lipinski definition) is 2. The number of carbonyl (C=O) groups excluding carboxylic acids is 1. The number of halogens is 2. The third-order valence-corrected chi connectivity index (χ3v) is 2.21. The van der Waals surface area contributed by atoms with Crippen LogP contribution in [0.5, 0.6) is 0 Å². The fourth-order valence-corrected chi connectivity index (χ4v) is 1.18. The highest BCUT2D eigenvalue weighted by molar-refractivity contribution is 5.94. The van der Waals surface area contributed by atoms with E-state index in [1.54, 1.807) is 0 Å². The molecule has 6 heteroatoms. The van der Waals surface area contributed by atoms with Gasteiger partial charge in [-0.15, -0.1) is 0 Å². The van der Waals surface area contributed by atoms with Gasteiger partial charge in [-0.25, -0.2) is 14.3 Å². The molecule has 0 heterocycles. The van der Waals surface area contributed by atoms with Gasteiger partial charge < -0.3 is 5.11 Å². The van der Waals surface area contributed by atoms with Crippen molar-refractivity contribution < 1.29 is 23.5 Å². The molecule has 114 valence electrons. The first-order valence-electron chi connectivity index (χ1n) is 6.31. The highest BCUT2D eigenvalue weighted by Crippen LogP contribution is 2.15. The van der Waals surface area contributed by atoms with E-state index < -0.39 is 28.7 Å². The number of carbonyl (C=O) groups is 1. The van der Waals surface area contributed by atoms with E-state index in [-0.39, 0.29) is 6.61 Å². The number of benzene rings is 1. The van der Waals surface area contributed by atoms with Crippen molar-refractivity contribution in [3.05, 3.63) is 34.9 Å². The SMILES string of the molecule is CC.Cc1cc(F)c(C(=O)NOC(C)(C)CO)c(F)c1. The van der Waals surface area contributed by atoms with Crippen LogP contribution in [0.1, 0.15) is 43.6 Å². The van der Waals surface area contributed by atoms with Gasteiger partial charge in [0.25, 0.3) is 5.91 Å². The second-order valence-electron chi connectivity index (χ2n) is 4.55. The van der Waals surface area contributed by atoms with Crippen molar-refractivity contribution in [2.45, 2.75) is 40.2 Å². The highest BCUT2D eigenvalue weighted by Gasteiger charge is 2.22. The molecule has 0 spiro atoms. The van der Waals surface area contributed by atoms with Crippen molar-refractivity contribution in [3.63, 3.8) is 0 Å². The van der Waals surface area contributed by atoms with E-state index in [0.717, 1.165) is 12.1 Å². The van der Waals surface area contributed by atoms with Crippen molar-refractivity contribution >= 4 is 5.91 Å². The first-order valence-corrected chi connectivity index (χ1v) is 6.31. The fourth-order valence-electron chi connectivity index (χ4n) is 1.18. The molecule has 2 N–H and O–H groups in total. The molecule has 0 atom stereocenters. The van der Waals surface area contributed by atoms with Gasteiger partial charge in [0, 0.05) is 0 Å². The van der Waals surface area contributed by atoms with Crippen molar-refractivity contribution in [1.29, 1.82) is 0 Å². The Balaban J connectivity index is 0.00000172. The van der Waals surface area contributed by atoms with Crippen LogP contribution in [0, 0.1) is 18.6 Å². The Morgan fingerprint density at radius 1 is 1.30 bits per heavy atom. The molecule has 0 saturated carbocycles. The maximum Gasteiger partial charge on any atom is 0.280 e. The number of amides is 1. The van der Waals surface area contributed by atoms with Gasteiger partial charge in [-0.1, -0.05) is 13.8 Å². The molecule has 0 aliphatic carbocycles. The van der Waals surface area contributed by atoms with E-state index in [0.29, 0.717) is 5.56 Å². The second kappa shape index (κ2) is 7.91.